The molecule has 0 aromatic carbocycles. The van der Waals surface area contributed by atoms with Crippen LogP contribution in [0.5, 0.6) is 0 Å². The van der Waals surface area contributed by atoms with Crippen LogP contribution in [0.15, 0.2) is 0 Å². The Morgan fingerprint density at radius 3 is 1.23 bits per heavy atom. The summed E-state index contributed by atoms with van der Waals surface area (Å²) in [7, 11) is -4.89. The summed E-state index contributed by atoms with van der Waals surface area (Å²) in [6, 6.07) is 0. The van der Waals surface area contributed by atoms with Gasteiger partial charge >= 0.3 is 55.7 Å². The quantitative estimate of drug-likeness (QED) is 0.0737. The van der Waals surface area contributed by atoms with Crippen molar-refractivity contribution in [3.63, 3.8) is 0 Å². The van der Waals surface area contributed by atoms with Crippen molar-refractivity contribution in [2.45, 2.75) is 12.8 Å². The fourth-order valence-electron chi connectivity index (χ4n) is 0.452. The number of carbonyl (C=O) groups excluding carboxylic acids is 4. The molecule has 0 aliphatic carbocycles. The summed E-state index contributed by atoms with van der Waals surface area (Å²) >= 11 is 0. The molecule has 16 nitrogen and oxygen atoms in total. The molecule has 0 unspecified atom stereocenters. The number of aliphatic carboxylic acids is 2. The van der Waals surface area contributed by atoms with E-state index in [1.807, 2.05) is 0 Å². The van der Waals surface area contributed by atoms with E-state index in [0.29, 0.717) is 0 Å². The minimum Gasteiger partial charge on any atom is -0.756 e. The number of carbonyl (C=O) groups is 6. The second-order valence-electron chi connectivity index (χ2n) is 2.93. The Labute approximate surface area is 154 Å². The summed E-state index contributed by atoms with van der Waals surface area (Å²) < 4.78 is 8.77. The van der Waals surface area contributed by atoms with Crippen LogP contribution < -0.4 is 23.8 Å². The minimum atomic E-state index is -4.89. The zero-order chi connectivity index (χ0) is 20.5. The number of hydrogen-bond donors (Lipinski definition) is 4. The molecule has 0 aromatic rings. The van der Waals surface area contributed by atoms with Gasteiger partial charge in [-0.05, 0) is 0 Å². The van der Waals surface area contributed by atoms with Crippen LogP contribution in [0.3, 0.4) is 0 Å². The maximum Gasteiger partial charge on any atom is 1.00 e. The molecule has 0 spiro atoms. The van der Waals surface area contributed by atoms with Crippen molar-refractivity contribution in [2.75, 3.05) is 0 Å². The maximum absolute atomic E-state index is 10.1. The van der Waals surface area contributed by atoms with Crippen LogP contribution in [0.25, 0.3) is 0 Å². The Morgan fingerprint density at radius 1 is 0.846 bits per heavy atom. The molecule has 26 heavy (non-hydrogen) atoms. The van der Waals surface area contributed by atoms with Crippen molar-refractivity contribution < 1.29 is 96.6 Å². The zero-order valence-corrected chi connectivity index (χ0v) is 13.6. The Kier molecular flexibility index (Phi) is 22.7. The van der Waals surface area contributed by atoms with Crippen molar-refractivity contribution in [2.24, 2.45) is 0 Å². The number of phosphoric acid groups is 1. The summed E-state index contributed by atoms with van der Waals surface area (Å²) in [5.74, 6) is -4.95. The SMILES string of the molecule is O=COOC(=O)CC(=O)O.O=COOC(=O)CC(=O)O.O=P([O-])(O)O.[Li+]. The molecule has 0 atom stereocenters. The Hall–Kier alpha value is -2.47. The second kappa shape index (κ2) is 18.9. The van der Waals surface area contributed by atoms with Gasteiger partial charge in [0, 0.05) is 0 Å². The van der Waals surface area contributed by atoms with Gasteiger partial charge in [-0.1, -0.05) is 0 Å². The van der Waals surface area contributed by atoms with E-state index in [2.05, 4.69) is 19.6 Å². The van der Waals surface area contributed by atoms with Crippen molar-refractivity contribution in [1.29, 1.82) is 0 Å². The first kappa shape index (κ1) is 31.3. The van der Waals surface area contributed by atoms with E-state index in [-0.39, 0.29) is 31.8 Å². The molecule has 0 aliphatic rings. The first-order valence-corrected chi connectivity index (χ1v) is 6.66. The molecular formula is C8H10LiO16P. The molecule has 4 N–H and O–H groups in total. The van der Waals surface area contributed by atoms with E-state index < -0.39 is 44.5 Å². The van der Waals surface area contributed by atoms with E-state index in [1.54, 1.807) is 0 Å². The van der Waals surface area contributed by atoms with Gasteiger partial charge in [-0.3, -0.25) is 33.5 Å². The average Bonchev–Trinajstić information content (AvgIpc) is 2.40. The summed E-state index contributed by atoms with van der Waals surface area (Å²) in [4.78, 5) is 95.6. The smallest absolute Gasteiger partial charge is 0.756 e. The fraction of sp³-hybridized carbons (Fsp3) is 0.250. The van der Waals surface area contributed by atoms with Crippen molar-refractivity contribution in [3.05, 3.63) is 0 Å². The first-order valence-electron chi connectivity index (χ1n) is 5.13. The third-order valence-corrected chi connectivity index (χ3v) is 0.952. The number of rotatable bonds is 8. The molecule has 0 saturated carbocycles. The average molecular weight is 400 g/mol. The Balaban J connectivity index is -0.000000145. The van der Waals surface area contributed by atoms with Crippen molar-refractivity contribution in [1.82, 2.24) is 0 Å². The summed E-state index contributed by atoms with van der Waals surface area (Å²) in [6.07, 6.45) is -1.65. The summed E-state index contributed by atoms with van der Waals surface area (Å²) in [6.45, 7) is -0.250. The maximum atomic E-state index is 10.1. The molecule has 0 aliphatic heterocycles. The number of hydrogen-bond acceptors (Lipinski definition) is 12. The van der Waals surface area contributed by atoms with E-state index in [1.165, 1.54) is 0 Å². The van der Waals surface area contributed by atoms with Crippen LogP contribution in [0.4, 0.5) is 0 Å². The minimum absolute atomic E-state index is 0. The predicted octanol–water partition coefficient (Wildman–Crippen LogP) is -6.37. The van der Waals surface area contributed by atoms with E-state index in [4.69, 9.17) is 29.5 Å². The van der Waals surface area contributed by atoms with Gasteiger partial charge in [0.1, 0.15) is 12.8 Å². The first-order chi connectivity index (χ1) is 11.3. The topological polar surface area (TPSA) is 260 Å². The van der Waals surface area contributed by atoms with Gasteiger partial charge in [-0.25, -0.2) is 19.4 Å². The molecule has 0 radical (unpaired) electrons. The second-order valence-corrected chi connectivity index (χ2v) is 3.91. The molecule has 0 heterocycles. The van der Waals surface area contributed by atoms with Gasteiger partial charge in [0.15, 0.2) is 0 Å². The molecule has 144 valence electrons. The number of carboxylic acid groups (broad SMARTS) is 2. The third kappa shape index (κ3) is 49.6. The standard InChI is InChI=1S/2C4H4O6.Li.H3O4P/c2*5-2-9-10-4(8)1-3(6)7;;1-5(2,3)4/h2*2H,1H2,(H,6,7);;(H3,1,2,3,4)/q;;+1;/p-1. The normalized spacial score (nSPS) is 8.42. The number of carboxylic acids is 2. The molecule has 0 amide bonds. The van der Waals surface area contributed by atoms with E-state index in [0.717, 1.165) is 0 Å². The van der Waals surface area contributed by atoms with Crippen LogP contribution in [0.2, 0.25) is 0 Å². The Bertz CT molecular complexity index is 466. The fourth-order valence-corrected chi connectivity index (χ4v) is 0.452. The van der Waals surface area contributed by atoms with Crippen LogP contribution >= 0.6 is 7.82 Å². The van der Waals surface area contributed by atoms with Gasteiger partial charge in [-0.15, -0.1) is 0 Å². The monoisotopic (exact) mass is 400 g/mol. The van der Waals surface area contributed by atoms with Crippen LogP contribution in [-0.4, -0.2) is 56.8 Å². The van der Waals surface area contributed by atoms with Crippen LogP contribution in [0.1, 0.15) is 12.8 Å². The third-order valence-electron chi connectivity index (χ3n) is 0.952. The van der Waals surface area contributed by atoms with Crippen LogP contribution in [0, 0.1) is 0 Å². The summed E-state index contributed by atoms with van der Waals surface area (Å²) in [5.41, 5.74) is 0. The van der Waals surface area contributed by atoms with Gasteiger partial charge in [0.2, 0.25) is 0 Å². The largest absolute Gasteiger partial charge is 1.00 e. The van der Waals surface area contributed by atoms with Gasteiger partial charge in [0.25, 0.3) is 7.82 Å². The molecule has 0 saturated heterocycles. The van der Waals surface area contributed by atoms with Crippen molar-refractivity contribution in [3.8, 4) is 0 Å². The van der Waals surface area contributed by atoms with Gasteiger partial charge in [0.05, 0.1) is 0 Å². The van der Waals surface area contributed by atoms with E-state index >= 15 is 0 Å². The van der Waals surface area contributed by atoms with Crippen LogP contribution in [-0.2, 0) is 52.9 Å². The predicted molar refractivity (Wildman–Crippen MR) is 63.0 cm³/mol. The van der Waals surface area contributed by atoms with E-state index in [9.17, 15) is 28.8 Å². The molecule has 0 bridgehead atoms. The molecule has 0 fully saturated rings. The van der Waals surface area contributed by atoms with Crippen molar-refractivity contribution >= 4 is 44.6 Å². The molecule has 0 rings (SSSR count). The van der Waals surface area contributed by atoms with Gasteiger partial charge in [-0.2, -0.15) is 0 Å². The summed E-state index contributed by atoms with van der Waals surface area (Å²) in [5, 5.41) is 15.9. The van der Waals surface area contributed by atoms with Gasteiger partial charge < -0.3 is 24.9 Å². The molecular weight excluding hydrogens is 390 g/mol. The molecule has 0 aromatic heterocycles. The Morgan fingerprint density at radius 2 is 1.08 bits per heavy atom. The molecule has 18 heteroatoms. The zero-order valence-electron chi connectivity index (χ0n) is 12.7.